The second-order valence-corrected chi connectivity index (χ2v) is 6.68. The van der Waals surface area contributed by atoms with E-state index in [1.165, 1.54) is 0 Å². The summed E-state index contributed by atoms with van der Waals surface area (Å²) in [5.41, 5.74) is 0. The molecule has 1 aliphatic carbocycles. The number of aliphatic carboxylic acids is 1. The second-order valence-electron chi connectivity index (χ2n) is 4.74. The van der Waals surface area contributed by atoms with Gasteiger partial charge in [-0.05, 0) is 30.9 Å². The third-order valence-electron chi connectivity index (χ3n) is 2.94. The van der Waals surface area contributed by atoms with E-state index in [0.717, 1.165) is 17.1 Å². The van der Waals surface area contributed by atoms with E-state index in [0.29, 0.717) is 18.2 Å². The highest BCUT2D eigenvalue weighted by Gasteiger charge is 2.33. The van der Waals surface area contributed by atoms with Crippen LogP contribution in [-0.2, 0) is 14.8 Å². The average Bonchev–Trinajstić information content (AvgIpc) is 3.10. The average molecular weight is 305 g/mol. The van der Waals surface area contributed by atoms with Crippen LogP contribution in [0.2, 0.25) is 0 Å². The Labute approximate surface area is 114 Å². The highest BCUT2D eigenvalue weighted by molar-refractivity contribution is 7.89. The van der Waals surface area contributed by atoms with Gasteiger partial charge in [-0.2, -0.15) is 4.31 Å². The van der Waals surface area contributed by atoms with Gasteiger partial charge in [0.15, 0.2) is 0 Å². The van der Waals surface area contributed by atoms with Crippen LogP contribution in [0.1, 0.15) is 12.8 Å². The van der Waals surface area contributed by atoms with E-state index < -0.39 is 39.1 Å². The van der Waals surface area contributed by atoms with Crippen LogP contribution in [0, 0.1) is 17.6 Å². The Morgan fingerprint density at radius 1 is 1.25 bits per heavy atom. The molecule has 0 unspecified atom stereocenters. The summed E-state index contributed by atoms with van der Waals surface area (Å²) < 4.78 is 51.5. The van der Waals surface area contributed by atoms with Gasteiger partial charge >= 0.3 is 5.97 Å². The third kappa shape index (κ3) is 3.51. The Kier molecular flexibility index (Phi) is 4.05. The Hall–Kier alpha value is -1.54. The normalized spacial score (nSPS) is 15.6. The number of benzene rings is 1. The van der Waals surface area contributed by atoms with Gasteiger partial charge in [0.05, 0.1) is 4.90 Å². The summed E-state index contributed by atoms with van der Waals surface area (Å²) in [6.07, 6.45) is 1.65. The summed E-state index contributed by atoms with van der Waals surface area (Å²) in [6, 6.07) is 1.92. The molecule has 0 aliphatic heterocycles. The van der Waals surface area contributed by atoms with Gasteiger partial charge in [-0.25, -0.2) is 17.2 Å². The smallest absolute Gasteiger partial charge is 0.318 e. The van der Waals surface area contributed by atoms with Crippen molar-refractivity contribution in [3.63, 3.8) is 0 Å². The molecule has 0 spiro atoms. The highest BCUT2D eigenvalue weighted by atomic mass is 32.2. The topological polar surface area (TPSA) is 74.7 Å². The molecule has 110 valence electrons. The molecule has 0 heterocycles. The minimum atomic E-state index is -4.22. The fourth-order valence-corrected chi connectivity index (χ4v) is 3.32. The van der Waals surface area contributed by atoms with Gasteiger partial charge in [-0.3, -0.25) is 4.79 Å². The zero-order valence-corrected chi connectivity index (χ0v) is 11.2. The molecule has 0 atom stereocenters. The van der Waals surface area contributed by atoms with Crippen LogP contribution in [0.4, 0.5) is 8.78 Å². The molecule has 0 aromatic heterocycles. The Morgan fingerprint density at radius 3 is 2.25 bits per heavy atom. The predicted molar refractivity (Wildman–Crippen MR) is 65.5 cm³/mol. The van der Waals surface area contributed by atoms with Gasteiger partial charge in [0, 0.05) is 12.6 Å². The van der Waals surface area contributed by atoms with Crippen LogP contribution in [0.25, 0.3) is 0 Å². The number of carbonyl (C=O) groups is 1. The molecule has 2 rings (SSSR count). The SMILES string of the molecule is O=C(O)CN(CC1CC1)S(=O)(=O)c1cc(F)cc(F)c1. The summed E-state index contributed by atoms with van der Waals surface area (Å²) in [5.74, 6) is -3.25. The third-order valence-corrected chi connectivity index (χ3v) is 4.73. The van der Waals surface area contributed by atoms with E-state index in [4.69, 9.17) is 5.11 Å². The lowest BCUT2D eigenvalue weighted by molar-refractivity contribution is -0.137. The molecule has 0 bridgehead atoms. The van der Waals surface area contributed by atoms with Crippen LogP contribution in [0.5, 0.6) is 0 Å². The number of halogens is 2. The monoisotopic (exact) mass is 305 g/mol. The van der Waals surface area contributed by atoms with Crippen molar-refractivity contribution in [3.05, 3.63) is 29.8 Å². The molecule has 1 aliphatic rings. The van der Waals surface area contributed by atoms with Crippen molar-refractivity contribution < 1.29 is 27.1 Å². The van der Waals surface area contributed by atoms with Crippen molar-refractivity contribution in [3.8, 4) is 0 Å². The Morgan fingerprint density at radius 2 is 1.80 bits per heavy atom. The van der Waals surface area contributed by atoms with Crippen LogP contribution >= 0.6 is 0 Å². The van der Waals surface area contributed by atoms with Crippen LogP contribution < -0.4 is 0 Å². The first-order valence-corrected chi connectivity index (χ1v) is 7.41. The summed E-state index contributed by atoms with van der Waals surface area (Å²) >= 11 is 0. The quantitative estimate of drug-likeness (QED) is 0.863. The molecular formula is C12H13F2NO4S. The minimum absolute atomic E-state index is 0.0484. The van der Waals surface area contributed by atoms with E-state index in [9.17, 15) is 22.0 Å². The molecule has 20 heavy (non-hydrogen) atoms. The summed E-state index contributed by atoms with van der Waals surface area (Å²) in [5, 5.41) is 8.78. The van der Waals surface area contributed by atoms with Gasteiger partial charge in [0.2, 0.25) is 10.0 Å². The fraction of sp³-hybridized carbons (Fsp3) is 0.417. The number of carboxylic acid groups (broad SMARTS) is 1. The molecule has 5 nitrogen and oxygen atoms in total. The van der Waals surface area contributed by atoms with E-state index >= 15 is 0 Å². The maximum Gasteiger partial charge on any atom is 0.318 e. The lowest BCUT2D eigenvalue weighted by Crippen LogP contribution is -2.37. The second kappa shape index (κ2) is 5.45. The van der Waals surface area contributed by atoms with Gasteiger partial charge in [0.1, 0.15) is 18.2 Å². The number of nitrogens with zero attached hydrogens (tertiary/aromatic N) is 1. The van der Waals surface area contributed by atoms with Crippen molar-refractivity contribution in [1.29, 1.82) is 0 Å². The fourth-order valence-electron chi connectivity index (χ4n) is 1.81. The van der Waals surface area contributed by atoms with E-state index in [-0.39, 0.29) is 12.5 Å². The van der Waals surface area contributed by atoms with E-state index in [1.807, 2.05) is 0 Å². The van der Waals surface area contributed by atoms with Crippen molar-refractivity contribution >= 4 is 16.0 Å². The van der Waals surface area contributed by atoms with E-state index in [1.54, 1.807) is 0 Å². The van der Waals surface area contributed by atoms with Gasteiger partial charge in [-0.15, -0.1) is 0 Å². The maximum atomic E-state index is 13.1. The molecule has 0 amide bonds. The van der Waals surface area contributed by atoms with Crippen LogP contribution in [0.3, 0.4) is 0 Å². The molecule has 8 heteroatoms. The van der Waals surface area contributed by atoms with Crippen molar-refractivity contribution in [1.82, 2.24) is 4.31 Å². The van der Waals surface area contributed by atoms with Crippen LogP contribution in [-0.4, -0.2) is 36.9 Å². The van der Waals surface area contributed by atoms with Crippen molar-refractivity contribution in [2.75, 3.05) is 13.1 Å². The number of hydrogen-bond donors (Lipinski definition) is 1. The molecule has 1 aromatic rings. The van der Waals surface area contributed by atoms with Crippen LogP contribution in [0.15, 0.2) is 23.1 Å². The van der Waals surface area contributed by atoms with Crippen molar-refractivity contribution in [2.45, 2.75) is 17.7 Å². The Bertz CT molecular complexity index is 608. The largest absolute Gasteiger partial charge is 0.480 e. The first kappa shape index (κ1) is 14.9. The molecule has 0 saturated heterocycles. The first-order valence-electron chi connectivity index (χ1n) is 5.97. The van der Waals surface area contributed by atoms with Gasteiger partial charge < -0.3 is 5.11 Å². The van der Waals surface area contributed by atoms with Gasteiger partial charge in [-0.1, -0.05) is 0 Å². The van der Waals surface area contributed by atoms with Crippen molar-refractivity contribution in [2.24, 2.45) is 5.92 Å². The number of hydrogen-bond acceptors (Lipinski definition) is 3. The number of rotatable bonds is 6. The molecule has 1 fully saturated rings. The molecular weight excluding hydrogens is 292 g/mol. The zero-order chi connectivity index (χ0) is 14.9. The number of carboxylic acids is 1. The number of sulfonamides is 1. The van der Waals surface area contributed by atoms with E-state index in [2.05, 4.69) is 0 Å². The summed E-state index contributed by atoms with van der Waals surface area (Å²) in [4.78, 5) is 10.2. The molecule has 1 aromatic carbocycles. The maximum absolute atomic E-state index is 13.1. The standard InChI is InChI=1S/C12H13F2NO4S/c13-9-3-10(14)5-11(4-9)20(18,19)15(7-12(16)17)6-8-1-2-8/h3-5,8H,1-2,6-7H2,(H,16,17). The molecule has 1 N–H and O–H groups in total. The zero-order valence-electron chi connectivity index (χ0n) is 10.4. The summed E-state index contributed by atoms with van der Waals surface area (Å²) in [6.45, 7) is -0.677. The summed E-state index contributed by atoms with van der Waals surface area (Å²) in [7, 11) is -4.22. The lowest BCUT2D eigenvalue weighted by Gasteiger charge is -2.20. The Balaban J connectivity index is 2.34. The lowest BCUT2D eigenvalue weighted by atomic mass is 10.3. The molecule has 1 saturated carbocycles. The first-order chi connectivity index (χ1) is 9.29. The van der Waals surface area contributed by atoms with Gasteiger partial charge in [0.25, 0.3) is 0 Å². The predicted octanol–water partition coefficient (Wildman–Crippen LogP) is 1.45. The minimum Gasteiger partial charge on any atom is -0.480 e. The highest BCUT2D eigenvalue weighted by Crippen LogP contribution is 2.31. The molecule has 0 radical (unpaired) electrons.